The number of aromatic nitrogens is 3. The van der Waals surface area contributed by atoms with E-state index in [0.717, 1.165) is 5.56 Å². The number of ether oxygens (including phenoxy) is 2. The Balaban J connectivity index is 1.89. The largest absolute Gasteiger partial charge is 0.497 e. The van der Waals surface area contributed by atoms with E-state index in [9.17, 15) is 4.79 Å². The second-order valence-corrected chi connectivity index (χ2v) is 6.31. The fourth-order valence-corrected chi connectivity index (χ4v) is 3.14. The van der Waals surface area contributed by atoms with E-state index in [1.165, 1.54) is 4.57 Å². The van der Waals surface area contributed by atoms with Gasteiger partial charge < -0.3 is 13.9 Å². The Labute approximate surface area is 160 Å². The predicted molar refractivity (Wildman–Crippen MR) is 104 cm³/mol. The van der Waals surface area contributed by atoms with Crippen LogP contribution in [-0.2, 0) is 0 Å². The van der Waals surface area contributed by atoms with Gasteiger partial charge in [-0.25, -0.2) is 4.98 Å². The van der Waals surface area contributed by atoms with E-state index in [1.54, 1.807) is 55.4 Å². The molecule has 0 spiro atoms. The Hall–Kier alpha value is -3.25. The average Bonchev–Trinajstić information content (AvgIpc) is 3.13. The van der Waals surface area contributed by atoms with Crippen LogP contribution in [-0.4, -0.2) is 28.2 Å². The highest BCUT2D eigenvalue weighted by Gasteiger charge is 2.14. The number of imidazole rings is 1. The van der Waals surface area contributed by atoms with Crippen LogP contribution < -0.4 is 15.0 Å². The lowest BCUT2D eigenvalue weighted by Gasteiger charge is -2.08. The van der Waals surface area contributed by atoms with Crippen molar-refractivity contribution in [2.45, 2.75) is 0 Å². The molecule has 7 heteroatoms. The van der Waals surface area contributed by atoms with Gasteiger partial charge in [0.15, 0.2) is 0 Å². The smallest absolute Gasteiger partial charge is 0.298 e. The van der Waals surface area contributed by atoms with Gasteiger partial charge >= 0.3 is 0 Å². The van der Waals surface area contributed by atoms with Gasteiger partial charge in [0.2, 0.25) is 5.65 Å². The van der Waals surface area contributed by atoms with Crippen molar-refractivity contribution in [1.29, 1.82) is 0 Å². The van der Waals surface area contributed by atoms with Crippen molar-refractivity contribution in [2.75, 3.05) is 14.2 Å². The standard InChI is InChI=1S/C20H16ClN3O3/c1-26-15-6-7-18(27-2)16(11-15)17-12-23-8-9-24(20(25)19(23)22-17)14-5-3-4-13(21)10-14/h3-12H,1-2H3. The zero-order valence-electron chi connectivity index (χ0n) is 14.7. The molecule has 0 N–H and O–H groups in total. The molecular formula is C20H16ClN3O3. The van der Waals surface area contributed by atoms with Crippen molar-refractivity contribution in [3.05, 3.63) is 76.4 Å². The molecule has 2 aromatic heterocycles. The Bertz CT molecular complexity index is 1200. The molecule has 136 valence electrons. The number of hydrogen-bond acceptors (Lipinski definition) is 4. The lowest BCUT2D eigenvalue weighted by Crippen LogP contribution is -2.19. The number of benzene rings is 2. The van der Waals surface area contributed by atoms with Crippen LogP contribution in [0.5, 0.6) is 11.5 Å². The molecule has 0 saturated heterocycles. The highest BCUT2D eigenvalue weighted by atomic mass is 35.5. The summed E-state index contributed by atoms with van der Waals surface area (Å²) in [6, 6.07) is 12.6. The van der Waals surface area contributed by atoms with Crippen LogP contribution in [0.25, 0.3) is 22.6 Å². The van der Waals surface area contributed by atoms with Crippen molar-refractivity contribution in [1.82, 2.24) is 14.0 Å². The first-order valence-electron chi connectivity index (χ1n) is 8.19. The quantitative estimate of drug-likeness (QED) is 0.539. The van der Waals surface area contributed by atoms with E-state index >= 15 is 0 Å². The predicted octanol–water partition coefficient (Wildman–Crippen LogP) is 3.82. The van der Waals surface area contributed by atoms with Crippen LogP contribution in [0, 0.1) is 0 Å². The van der Waals surface area contributed by atoms with Gasteiger partial charge in [-0.15, -0.1) is 0 Å². The summed E-state index contributed by atoms with van der Waals surface area (Å²) in [6.45, 7) is 0. The number of hydrogen-bond donors (Lipinski definition) is 0. The van der Waals surface area contributed by atoms with Crippen LogP contribution in [0.2, 0.25) is 5.02 Å². The molecular weight excluding hydrogens is 366 g/mol. The Kier molecular flexibility index (Phi) is 4.33. The zero-order chi connectivity index (χ0) is 19.0. The number of rotatable bonds is 4. The molecule has 4 rings (SSSR count). The molecule has 2 heterocycles. The van der Waals surface area contributed by atoms with Crippen molar-refractivity contribution >= 4 is 17.2 Å². The summed E-state index contributed by atoms with van der Waals surface area (Å²) in [4.78, 5) is 17.5. The summed E-state index contributed by atoms with van der Waals surface area (Å²) in [7, 11) is 3.19. The lowest BCUT2D eigenvalue weighted by atomic mass is 10.1. The van der Waals surface area contributed by atoms with E-state index in [2.05, 4.69) is 4.98 Å². The van der Waals surface area contributed by atoms with Crippen molar-refractivity contribution in [2.24, 2.45) is 0 Å². The molecule has 4 aromatic rings. The van der Waals surface area contributed by atoms with E-state index in [4.69, 9.17) is 21.1 Å². The Morgan fingerprint density at radius 3 is 2.63 bits per heavy atom. The normalized spacial score (nSPS) is 10.9. The van der Waals surface area contributed by atoms with Gasteiger partial charge in [-0.2, -0.15) is 0 Å². The van der Waals surface area contributed by atoms with Gasteiger partial charge in [0.25, 0.3) is 5.56 Å². The first kappa shape index (κ1) is 17.2. The summed E-state index contributed by atoms with van der Waals surface area (Å²) < 4.78 is 13.9. The molecule has 0 aliphatic heterocycles. The minimum Gasteiger partial charge on any atom is -0.497 e. The van der Waals surface area contributed by atoms with Crippen LogP contribution in [0.3, 0.4) is 0 Å². The van der Waals surface area contributed by atoms with E-state index in [1.807, 2.05) is 24.3 Å². The molecule has 6 nitrogen and oxygen atoms in total. The molecule has 0 aliphatic rings. The van der Waals surface area contributed by atoms with E-state index < -0.39 is 0 Å². The summed E-state index contributed by atoms with van der Waals surface area (Å²) in [5.41, 5.74) is 2.10. The Morgan fingerprint density at radius 2 is 1.89 bits per heavy atom. The molecule has 0 unspecified atom stereocenters. The van der Waals surface area contributed by atoms with Gasteiger partial charge in [-0.3, -0.25) is 9.36 Å². The van der Waals surface area contributed by atoms with Crippen molar-refractivity contribution < 1.29 is 9.47 Å². The molecule has 0 fully saturated rings. The fourth-order valence-electron chi connectivity index (χ4n) is 2.95. The second-order valence-electron chi connectivity index (χ2n) is 5.88. The maximum Gasteiger partial charge on any atom is 0.298 e. The summed E-state index contributed by atoms with van der Waals surface area (Å²) in [6.07, 6.45) is 5.26. The number of fused-ring (bicyclic) bond motifs is 1. The molecule has 0 aliphatic carbocycles. The monoisotopic (exact) mass is 381 g/mol. The first-order valence-corrected chi connectivity index (χ1v) is 8.57. The van der Waals surface area contributed by atoms with Crippen LogP contribution in [0.1, 0.15) is 0 Å². The van der Waals surface area contributed by atoms with E-state index in [-0.39, 0.29) is 5.56 Å². The average molecular weight is 382 g/mol. The third kappa shape index (κ3) is 3.04. The molecule has 0 saturated carbocycles. The SMILES string of the molecule is COc1ccc(OC)c(-c2cn3ccn(-c4cccc(Cl)c4)c(=O)c3n2)c1. The van der Waals surface area contributed by atoms with E-state index in [0.29, 0.717) is 33.6 Å². The third-order valence-corrected chi connectivity index (χ3v) is 4.52. The molecule has 0 amide bonds. The summed E-state index contributed by atoms with van der Waals surface area (Å²) in [5.74, 6) is 1.33. The number of halogens is 1. The van der Waals surface area contributed by atoms with Gasteiger partial charge in [0.1, 0.15) is 11.5 Å². The Morgan fingerprint density at radius 1 is 1.04 bits per heavy atom. The number of methoxy groups -OCH3 is 2. The molecule has 2 aromatic carbocycles. The highest BCUT2D eigenvalue weighted by molar-refractivity contribution is 6.30. The molecule has 27 heavy (non-hydrogen) atoms. The van der Waals surface area contributed by atoms with Gasteiger partial charge in [-0.05, 0) is 36.4 Å². The topological polar surface area (TPSA) is 57.8 Å². The minimum atomic E-state index is -0.243. The van der Waals surface area contributed by atoms with Gasteiger partial charge in [0.05, 0.1) is 25.6 Å². The first-order chi connectivity index (χ1) is 13.1. The third-order valence-electron chi connectivity index (χ3n) is 4.29. The van der Waals surface area contributed by atoms with Crippen molar-refractivity contribution in [3.63, 3.8) is 0 Å². The fraction of sp³-hybridized carbons (Fsp3) is 0.100. The molecule has 0 bridgehead atoms. The second kappa shape index (κ2) is 6.81. The maximum atomic E-state index is 12.9. The molecule has 0 radical (unpaired) electrons. The van der Waals surface area contributed by atoms with Gasteiger partial charge in [0, 0.05) is 29.2 Å². The summed E-state index contributed by atoms with van der Waals surface area (Å²) in [5, 5.41) is 0.560. The van der Waals surface area contributed by atoms with Crippen LogP contribution in [0.15, 0.2) is 65.8 Å². The van der Waals surface area contributed by atoms with Crippen LogP contribution in [0.4, 0.5) is 0 Å². The highest BCUT2D eigenvalue weighted by Crippen LogP contribution is 2.32. The number of nitrogens with zero attached hydrogens (tertiary/aromatic N) is 3. The lowest BCUT2D eigenvalue weighted by molar-refractivity contribution is 0.404. The van der Waals surface area contributed by atoms with Gasteiger partial charge in [-0.1, -0.05) is 17.7 Å². The summed E-state index contributed by atoms with van der Waals surface area (Å²) >= 11 is 6.05. The van der Waals surface area contributed by atoms with Crippen LogP contribution >= 0.6 is 11.6 Å². The maximum absolute atomic E-state index is 12.9. The van der Waals surface area contributed by atoms with Crippen molar-refractivity contribution in [3.8, 4) is 28.4 Å². The molecule has 0 atom stereocenters. The zero-order valence-corrected chi connectivity index (χ0v) is 15.5. The minimum absolute atomic E-state index is 0.243.